The molecule has 1 aromatic heterocycles. The lowest BCUT2D eigenvalue weighted by molar-refractivity contribution is -0.141. The highest BCUT2D eigenvalue weighted by atomic mass is 35.5. The highest BCUT2D eigenvalue weighted by Crippen LogP contribution is 2.41. The van der Waals surface area contributed by atoms with Gasteiger partial charge in [-0.3, -0.25) is 14.7 Å². The molecular formula is C28H21ClF6N4O2. The first kappa shape index (κ1) is 28.5. The Labute approximate surface area is 234 Å². The first-order chi connectivity index (χ1) is 19.3. The Balaban J connectivity index is 1.29. The number of H-pyrrole nitrogens is 1. The topological polar surface area (TPSA) is 69.3 Å². The molecule has 6 nitrogen and oxygen atoms in total. The van der Waals surface area contributed by atoms with E-state index in [0.29, 0.717) is 34.4 Å². The summed E-state index contributed by atoms with van der Waals surface area (Å²) in [6.45, 7) is 0.805. The van der Waals surface area contributed by atoms with Crippen molar-refractivity contribution in [3.8, 4) is 11.1 Å². The normalized spacial score (nSPS) is 14.5. The van der Waals surface area contributed by atoms with Crippen LogP contribution >= 0.6 is 11.6 Å². The van der Waals surface area contributed by atoms with Crippen LogP contribution in [-0.4, -0.2) is 58.0 Å². The number of carbonyl (C=O) groups excluding carboxylic acids is 2. The van der Waals surface area contributed by atoms with Crippen LogP contribution in [0.15, 0.2) is 60.7 Å². The van der Waals surface area contributed by atoms with Gasteiger partial charge < -0.3 is 9.80 Å². The van der Waals surface area contributed by atoms with E-state index in [9.17, 15) is 35.9 Å². The maximum absolute atomic E-state index is 13.6. The predicted molar refractivity (Wildman–Crippen MR) is 139 cm³/mol. The second-order valence-corrected chi connectivity index (χ2v) is 9.99. The van der Waals surface area contributed by atoms with E-state index in [4.69, 9.17) is 11.6 Å². The molecule has 5 rings (SSSR count). The summed E-state index contributed by atoms with van der Waals surface area (Å²) in [7, 11) is 0. The second-order valence-electron chi connectivity index (χ2n) is 9.55. The molecule has 1 N–H and O–H groups in total. The molecule has 2 amide bonds. The number of piperazine rings is 1. The van der Waals surface area contributed by atoms with Crippen molar-refractivity contribution in [2.75, 3.05) is 26.2 Å². The van der Waals surface area contributed by atoms with Crippen molar-refractivity contribution in [1.82, 2.24) is 20.0 Å². The molecule has 0 spiro atoms. The van der Waals surface area contributed by atoms with Crippen molar-refractivity contribution < 1.29 is 35.9 Å². The van der Waals surface area contributed by atoms with Crippen molar-refractivity contribution in [2.45, 2.75) is 18.8 Å². The Morgan fingerprint density at radius 2 is 1.56 bits per heavy atom. The number of fused-ring (bicyclic) bond motifs is 1. The number of amides is 2. The molecule has 0 radical (unpaired) electrons. The van der Waals surface area contributed by atoms with Gasteiger partial charge in [0.1, 0.15) is 0 Å². The Bertz CT molecular complexity index is 1620. The molecule has 1 aliphatic heterocycles. The number of aromatic nitrogens is 2. The molecule has 13 heteroatoms. The van der Waals surface area contributed by atoms with E-state index < -0.39 is 35.0 Å². The van der Waals surface area contributed by atoms with Crippen LogP contribution in [0.1, 0.15) is 27.2 Å². The van der Waals surface area contributed by atoms with Crippen molar-refractivity contribution in [2.24, 2.45) is 0 Å². The molecule has 4 aromatic rings. The van der Waals surface area contributed by atoms with Gasteiger partial charge in [0, 0.05) is 42.2 Å². The Kier molecular flexibility index (Phi) is 7.45. The molecule has 1 aliphatic rings. The largest absolute Gasteiger partial charge is 0.417 e. The summed E-state index contributed by atoms with van der Waals surface area (Å²) in [6, 6.07) is 11.5. The standard InChI is InChI=1S/C28H21ClF6N4O2/c29-19-5-6-20-23(14-19)36-37-24(20)15-25(40)38-8-10-39(11-9-38)26(41)17-3-1-2-16(12-17)21-13-18(27(30,31)32)4-7-22(21)28(33,34)35/h1-7,12-14H,8-11,15H2,(H,36,37). The number of alkyl halides is 6. The number of nitrogens with zero attached hydrogens (tertiary/aromatic N) is 3. The van der Waals surface area contributed by atoms with Crippen molar-refractivity contribution in [3.05, 3.63) is 88.1 Å². The van der Waals surface area contributed by atoms with Crippen LogP contribution in [0, 0.1) is 0 Å². The summed E-state index contributed by atoms with van der Waals surface area (Å²) in [5, 5.41) is 8.30. The van der Waals surface area contributed by atoms with Crippen molar-refractivity contribution in [1.29, 1.82) is 0 Å². The van der Waals surface area contributed by atoms with E-state index in [-0.39, 0.29) is 49.6 Å². The quantitative estimate of drug-likeness (QED) is 0.276. The van der Waals surface area contributed by atoms with Crippen LogP contribution in [0.3, 0.4) is 0 Å². The van der Waals surface area contributed by atoms with Gasteiger partial charge in [-0.2, -0.15) is 31.4 Å². The molecule has 0 aliphatic carbocycles. The molecule has 2 heterocycles. The number of carbonyl (C=O) groups is 2. The summed E-state index contributed by atoms with van der Waals surface area (Å²) < 4.78 is 80.7. The number of halogens is 7. The molecule has 0 unspecified atom stereocenters. The van der Waals surface area contributed by atoms with Crippen LogP contribution in [0.4, 0.5) is 26.3 Å². The maximum atomic E-state index is 13.6. The van der Waals surface area contributed by atoms with Gasteiger partial charge in [-0.05, 0) is 59.7 Å². The van der Waals surface area contributed by atoms with Gasteiger partial charge >= 0.3 is 12.4 Å². The van der Waals surface area contributed by atoms with E-state index in [1.807, 2.05) is 0 Å². The molecule has 0 bridgehead atoms. The Morgan fingerprint density at radius 3 is 2.24 bits per heavy atom. The summed E-state index contributed by atoms with van der Waals surface area (Å²) in [5.41, 5.74) is -2.03. The third-order valence-electron chi connectivity index (χ3n) is 6.92. The van der Waals surface area contributed by atoms with Gasteiger partial charge in [-0.25, -0.2) is 0 Å². The lowest BCUT2D eigenvalue weighted by atomic mass is 9.95. The molecule has 214 valence electrons. The second kappa shape index (κ2) is 10.7. The molecule has 0 saturated carbocycles. The fourth-order valence-corrected chi connectivity index (χ4v) is 4.97. The van der Waals surface area contributed by atoms with Crippen LogP contribution < -0.4 is 0 Å². The van der Waals surface area contributed by atoms with Gasteiger partial charge in [0.2, 0.25) is 5.91 Å². The SMILES string of the molecule is O=C(Cc1[nH]nc2cc(Cl)ccc12)N1CCN(C(=O)c2cccc(-c3cc(C(F)(F)F)ccc3C(F)(F)F)c2)CC1. The van der Waals surface area contributed by atoms with Crippen molar-refractivity contribution in [3.63, 3.8) is 0 Å². The number of nitrogens with one attached hydrogen (secondary N) is 1. The molecule has 41 heavy (non-hydrogen) atoms. The zero-order valence-electron chi connectivity index (χ0n) is 21.1. The smallest absolute Gasteiger partial charge is 0.339 e. The Hall–Kier alpha value is -4.06. The van der Waals surface area contributed by atoms with Crippen LogP contribution in [0.2, 0.25) is 5.02 Å². The lowest BCUT2D eigenvalue weighted by Crippen LogP contribution is -2.51. The number of benzene rings is 3. The van der Waals surface area contributed by atoms with Crippen LogP contribution in [0.25, 0.3) is 22.0 Å². The van der Waals surface area contributed by atoms with E-state index in [2.05, 4.69) is 10.2 Å². The fraction of sp³-hybridized carbons (Fsp3) is 0.250. The van der Waals surface area contributed by atoms with Gasteiger partial charge in [0.25, 0.3) is 5.91 Å². The molecule has 0 atom stereocenters. The van der Waals surface area contributed by atoms with Gasteiger partial charge in [0.15, 0.2) is 0 Å². The lowest BCUT2D eigenvalue weighted by Gasteiger charge is -2.35. The average molecular weight is 595 g/mol. The zero-order chi connectivity index (χ0) is 29.5. The summed E-state index contributed by atoms with van der Waals surface area (Å²) >= 11 is 5.98. The van der Waals surface area contributed by atoms with Gasteiger partial charge in [-0.1, -0.05) is 23.7 Å². The molecule has 1 fully saturated rings. The minimum atomic E-state index is -4.90. The predicted octanol–water partition coefficient (Wildman–Crippen LogP) is 6.45. The maximum Gasteiger partial charge on any atom is 0.417 e. The zero-order valence-corrected chi connectivity index (χ0v) is 21.9. The Morgan fingerprint density at radius 1 is 0.854 bits per heavy atom. The third kappa shape index (κ3) is 6.02. The van der Waals surface area contributed by atoms with E-state index in [1.165, 1.54) is 23.1 Å². The number of hydrogen-bond donors (Lipinski definition) is 1. The highest BCUT2D eigenvalue weighted by Gasteiger charge is 2.37. The molecular weight excluding hydrogens is 574 g/mol. The first-order valence-corrected chi connectivity index (χ1v) is 12.8. The number of rotatable bonds is 4. The van der Waals surface area contributed by atoms with E-state index in [1.54, 1.807) is 23.1 Å². The summed E-state index contributed by atoms with van der Waals surface area (Å²) in [6.07, 6.45) is -9.69. The van der Waals surface area contributed by atoms with E-state index in [0.717, 1.165) is 11.5 Å². The summed E-state index contributed by atoms with van der Waals surface area (Å²) in [4.78, 5) is 29.2. The highest BCUT2D eigenvalue weighted by molar-refractivity contribution is 6.31. The van der Waals surface area contributed by atoms with Gasteiger partial charge in [0.05, 0.1) is 28.8 Å². The monoisotopic (exact) mass is 594 g/mol. The fourth-order valence-electron chi connectivity index (χ4n) is 4.81. The molecule has 3 aromatic carbocycles. The summed E-state index contributed by atoms with van der Waals surface area (Å²) in [5.74, 6) is -0.681. The first-order valence-electron chi connectivity index (χ1n) is 12.4. The minimum Gasteiger partial charge on any atom is -0.339 e. The van der Waals surface area contributed by atoms with Crippen LogP contribution in [0.5, 0.6) is 0 Å². The van der Waals surface area contributed by atoms with Crippen molar-refractivity contribution >= 4 is 34.3 Å². The number of hydrogen-bond acceptors (Lipinski definition) is 3. The van der Waals surface area contributed by atoms with E-state index >= 15 is 0 Å². The minimum absolute atomic E-state index is 0.0235. The average Bonchev–Trinajstić information content (AvgIpc) is 3.32. The third-order valence-corrected chi connectivity index (χ3v) is 7.15. The number of aromatic amines is 1. The van der Waals surface area contributed by atoms with Gasteiger partial charge in [-0.15, -0.1) is 0 Å². The molecule has 1 saturated heterocycles. The van der Waals surface area contributed by atoms with Crippen LogP contribution in [-0.2, 0) is 23.6 Å².